The minimum Gasteiger partial charge on any atom is -0.349 e. The van der Waals surface area contributed by atoms with E-state index in [0.717, 1.165) is 50.9 Å². The average molecular weight is 257 g/mol. The van der Waals surface area contributed by atoms with E-state index < -0.39 is 0 Å². The third kappa shape index (κ3) is 1.91. The van der Waals surface area contributed by atoms with Crippen molar-refractivity contribution in [3.05, 3.63) is 29.1 Å². The molecule has 1 fully saturated rings. The molecule has 0 radical (unpaired) electrons. The number of nitrogens with zero attached hydrogens (tertiary/aromatic N) is 1. The summed E-state index contributed by atoms with van der Waals surface area (Å²) < 4.78 is 2.27. The molecule has 0 unspecified atom stereocenters. The molecule has 1 aromatic rings. The smallest absolute Gasteiger partial charge is 0.253 e. The maximum absolute atomic E-state index is 12.3. The van der Waals surface area contributed by atoms with Gasteiger partial charge in [-0.05, 0) is 36.8 Å². The van der Waals surface area contributed by atoms with E-state index in [-0.39, 0.29) is 5.91 Å². The third-order valence-electron chi connectivity index (χ3n) is 4.27. The fourth-order valence-electron chi connectivity index (χ4n) is 3.16. The fourth-order valence-corrected chi connectivity index (χ4v) is 3.16. The Balaban J connectivity index is 1.75. The molecule has 1 aliphatic heterocycles. The van der Waals surface area contributed by atoms with Crippen LogP contribution in [0.25, 0.3) is 5.57 Å². The van der Waals surface area contributed by atoms with Crippen LogP contribution in [0.1, 0.15) is 40.9 Å². The van der Waals surface area contributed by atoms with E-state index >= 15 is 0 Å². The fraction of sp³-hybridized carbons (Fsp3) is 0.533. The standard InChI is InChI=1S/C15H19N3O/c19-15(17-11-4-5-11)13-9-18-7-6-16-8-10-2-1-3-12(13)14(10)18/h2,9,11,16H,1,3-8H2,(H,17,19). The van der Waals surface area contributed by atoms with Crippen molar-refractivity contribution in [1.82, 2.24) is 15.2 Å². The highest BCUT2D eigenvalue weighted by Gasteiger charge is 2.29. The first-order valence-electron chi connectivity index (χ1n) is 7.26. The largest absolute Gasteiger partial charge is 0.349 e. The van der Waals surface area contributed by atoms with Gasteiger partial charge < -0.3 is 15.2 Å². The van der Waals surface area contributed by atoms with Crippen molar-refractivity contribution in [3.63, 3.8) is 0 Å². The lowest BCUT2D eigenvalue weighted by atomic mass is 9.94. The van der Waals surface area contributed by atoms with Gasteiger partial charge in [0.2, 0.25) is 0 Å². The molecule has 1 saturated carbocycles. The summed E-state index contributed by atoms with van der Waals surface area (Å²) in [6, 6.07) is 0.430. The summed E-state index contributed by atoms with van der Waals surface area (Å²) in [5.41, 5.74) is 4.84. The molecule has 2 heterocycles. The van der Waals surface area contributed by atoms with E-state index in [1.165, 1.54) is 16.8 Å². The Morgan fingerprint density at radius 3 is 3.16 bits per heavy atom. The Bertz CT molecular complexity index is 566. The highest BCUT2D eigenvalue weighted by molar-refractivity contribution is 5.97. The maximum Gasteiger partial charge on any atom is 0.253 e. The summed E-state index contributed by atoms with van der Waals surface area (Å²) in [5, 5.41) is 6.56. The third-order valence-corrected chi connectivity index (χ3v) is 4.27. The summed E-state index contributed by atoms with van der Waals surface area (Å²) in [4.78, 5) is 12.3. The molecule has 1 aromatic heterocycles. The number of hydrogen-bond acceptors (Lipinski definition) is 2. The summed E-state index contributed by atoms with van der Waals surface area (Å²) >= 11 is 0. The van der Waals surface area contributed by atoms with Crippen LogP contribution in [0.5, 0.6) is 0 Å². The van der Waals surface area contributed by atoms with E-state index in [2.05, 4.69) is 27.5 Å². The monoisotopic (exact) mass is 257 g/mol. The quantitative estimate of drug-likeness (QED) is 0.839. The SMILES string of the molecule is O=C(NC1CC1)c1cn2c3c1CCC=C3CNCC2. The minimum atomic E-state index is 0.132. The Morgan fingerprint density at radius 2 is 2.32 bits per heavy atom. The first-order valence-corrected chi connectivity index (χ1v) is 7.26. The van der Waals surface area contributed by atoms with Gasteiger partial charge in [-0.3, -0.25) is 4.79 Å². The highest BCUT2D eigenvalue weighted by atomic mass is 16.1. The molecule has 2 aliphatic carbocycles. The molecule has 19 heavy (non-hydrogen) atoms. The van der Waals surface area contributed by atoms with Gasteiger partial charge in [0.05, 0.1) is 5.56 Å². The number of amides is 1. The first-order chi connectivity index (χ1) is 9.33. The Kier molecular flexibility index (Phi) is 2.52. The summed E-state index contributed by atoms with van der Waals surface area (Å²) in [5.74, 6) is 0.132. The molecule has 0 atom stereocenters. The molecule has 4 nitrogen and oxygen atoms in total. The number of carbonyl (C=O) groups is 1. The number of nitrogens with one attached hydrogen (secondary N) is 2. The van der Waals surface area contributed by atoms with Crippen LogP contribution in [-0.4, -0.2) is 29.6 Å². The van der Waals surface area contributed by atoms with Gasteiger partial charge in [0.25, 0.3) is 5.91 Å². The van der Waals surface area contributed by atoms with Gasteiger partial charge in [0.15, 0.2) is 0 Å². The molecule has 0 spiro atoms. The predicted octanol–water partition coefficient (Wildman–Crippen LogP) is 1.31. The van der Waals surface area contributed by atoms with Crippen molar-refractivity contribution in [3.8, 4) is 0 Å². The van der Waals surface area contributed by atoms with Gasteiger partial charge in [-0.2, -0.15) is 0 Å². The molecule has 0 saturated heterocycles. The topological polar surface area (TPSA) is 46.1 Å². The van der Waals surface area contributed by atoms with Crippen LogP contribution in [0.2, 0.25) is 0 Å². The van der Waals surface area contributed by atoms with E-state index in [4.69, 9.17) is 0 Å². The molecule has 4 rings (SSSR count). The van der Waals surface area contributed by atoms with Crippen LogP contribution in [-0.2, 0) is 13.0 Å². The van der Waals surface area contributed by atoms with Crippen molar-refractivity contribution < 1.29 is 4.79 Å². The molecule has 3 aliphatic rings. The molecule has 1 amide bonds. The second kappa shape index (κ2) is 4.23. The van der Waals surface area contributed by atoms with Crippen LogP contribution in [0.15, 0.2) is 12.3 Å². The Morgan fingerprint density at radius 1 is 1.42 bits per heavy atom. The van der Waals surface area contributed by atoms with Gasteiger partial charge in [0, 0.05) is 37.6 Å². The van der Waals surface area contributed by atoms with E-state index in [9.17, 15) is 4.79 Å². The molecule has 0 bridgehead atoms. The van der Waals surface area contributed by atoms with Crippen LogP contribution < -0.4 is 10.6 Å². The Hall–Kier alpha value is -1.55. The van der Waals surface area contributed by atoms with Crippen molar-refractivity contribution >= 4 is 11.5 Å². The summed E-state index contributed by atoms with van der Waals surface area (Å²) in [7, 11) is 0. The molecule has 4 heteroatoms. The lowest BCUT2D eigenvalue weighted by Gasteiger charge is -2.15. The lowest BCUT2D eigenvalue weighted by Crippen LogP contribution is -2.26. The van der Waals surface area contributed by atoms with Gasteiger partial charge in [-0.15, -0.1) is 0 Å². The summed E-state index contributed by atoms with van der Waals surface area (Å²) in [6.07, 6.45) is 8.72. The molecular formula is C15H19N3O. The zero-order valence-corrected chi connectivity index (χ0v) is 11.0. The zero-order valence-electron chi connectivity index (χ0n) is 11.0. The predicted molar refractivity (Wildman–Crippen MR) is 74.1 cm³/mol. The minimum absolute atomic E-state index is 0.132. The van der Waals surface area contributed by atoms with E-state index in [0.29, 0.717) is 6.04 Å². The maximum atomic E-state index is 12.3. The second-order valence-corrected chi connectivity index (χ2v) is 5.76. The van der Waals surface area contributed by atoms with Crippen LogP contribution in [0.4, 0.5) is 0 Å². The van der Waals surface area contributed by atoms with Gasteiger partial charge in [0.1, 0.15) is 0 Å². The molecule has 2 N–H and O–H groups in total. The van der Waals surface area contributed by atoms with Crippen molar-refractivity contribution in [2.75, 3.05) is 13.1 Å². The number of carbonyl (C=O) groups excluding carboxylic acids is 1. The van der Waals surface area contributed by atoms with E-state index in [1.807, 2.05) is 0 Å². The average Bonchev–Trinajstić information content (AvgIpc) is 3.17. The van der Waals surface area contributed by atoms with Crippen LogP contribution >= 0.6 is 0 Å². The molecule has 100 valence electrons. The van der Waals surface area contributed by atoms with Crippen molar-refractivity contribution in [2.45, 2.75) is 38.3 Å². The lowest BCUT2D eigenvalue weighted by molar-refractivity contribution is 0.0950. The first kappa shape index (κ1) is 11.3. The van der Waals surface area contributed by atoms with Crippen molar-refractivity contribution in [2.24, 2.45) is 0 Å². The highest BCUT2D eigenvalue weighted by Crippen LogP contribution is 2.32. The second-order valence-electron chi connectivity index (χ2n) is 5.76. The van der Waals surface area contributed by atoms with Gasteiger partial charge in [-0.1, -0.05) is 6.08 Å². The molecular weight excluding hydrogens is 238 g/mol. The zero-order chi connectivity index (χ0) is 12.8. The van der Waals surface area contributed by atoms with Gasteiger partial charge in [-0.25, -0.2) is 0 Å². The van der Waals surface area contributed by atoms with Gasteiger partial charge >= 0.3 is 0 Å². The van der Waals surface area contributed by atoms with Crippen LogP contribution in [0, 0.1) is 0 Å². The van der Waals surface area contributed by atoms with Crippen LogP contribution in [0.3, 0.4) is 0 Å². The molecule has 0 aromatic carbocycles. The van der Waals surface area contributed by atoms with Crippen molar-refractivity contribution in [1.29, 1.82) is 0 Å². The summed E-state index contributed by atoms with van der Waals surface area (Å²) in [6.45, 7) is 2.86. The normalized spacial score (nSPS) is 21.4. The number of hydrogen-bond donors (Lipinski definition) is 2. The number of rotatable bonds is 2. The Labute approximate surface area is 112 Å². The van der Waals surface area contributed by atoms with E-state index in [1.54, 1.807) is 0 Å². The number of allylic oxidation sites excluding steroid dienone is 1. The number of aromatic nitrogens is 1.